The lowest BCUT2D eigenvalue weighted by molar-refractivity contribution is -0.137. The van der Waals surface area contributed by atoms with E-state index in [-0.39, 0.29) is 24.4 Å². The van der Waals surface area contributed by atoms with Gasteiger partial charge in [-0.3, -0.25) is 9.78 Å². The summed E-state index contributed by atoms with van der Waals surface area (Å²) in [5.41, 5.74) is -0.108. The van der Waals surface area contributed by atoms with Crippen LogP contribution in [0.5, 0.6) is 0 Å². The number of fused-ring (bicyclic) bond motifs is 1. The molecule has 4 rings (SSSR count). The highest BCUT2D eigenvalue weighted by Crippen LogP contribution is 2.32. The number of likely N-dealkylation sites (tertiary alicyclic amines) is 1. The maximum absolute atomic E-state index is 12.8. The minimum atomic E-state index is -4.45. The highest BCUT2D eigenvalue weighted by molar-refractivity contribution is 5.99. The van der Waals surface area contributed by atoms with Crippen molar-refractivity contribution in [3.8, 4) is 11.4 Å². The summed E-state index contributed by atoms with van der Waals surface area (Å²) in [6.07, 6.45) is -1.60. The second kappa shape index (κ2) is 8.89. The van der Waals surface area contributed by atoms with Gasteiger partial charge in [0, 0.05) is 36.1 Å². The molecule has 6 nitrogen and oxygen atoms in total. The number of carbonyl (C=O) groups excluding carboxylic acids is 1. The Kier molecular flexibility index (Phi) is 6.45. The molecule has 1 atom stereocenters. The van der Waals surface area contributed by atoms with Crippen molar-refractivity contribution in [2.75, 3.05) is 18.4 Å². The largest absolute Gasteiger partial charge is 0.417 e. The Bertz CT molecular complexity index is 1100. The van der Waals surface area contributed by atoms with Crippen LogP contribution in [0.3, 0.4) is 0 Å². The maximum Gasteiger partial charge on any atom is 0.417 e. The van der Waals surface area contributed by atoms with Crippen molar-refractivity contribution in [2.24, 2.45) is 0 Å². The molecule has 0 aliphatic carbocycles. The van der Waals surface area contributed by atoms with Crippen LogP contribution in [0.1, 0.15) is 12.0 Å². The maximum atomic E-state index is 12.8. The van der Waals surface area contributed by atoms with E-state index in [1.165, 1.54) is 12.1 Å². The minimum Gasteiger partial charge on any atom is -0.363 e. The molecule has 1 saturated heterocycles. The van der Waals surface area contributed by atoms with Crippen molar-refractivity contribution >= 4 is 34.9 Å². The summed E-state index contributed by atoms with van der Waals surface area (Å²) in [5.74, 6) is 0.443. The Labute approximate surface area is 182 Å². The van der Waals surface area contributed by atoms with Crippen molar-refractivity contribution in [2.45, 2.75) is 18.6 Å². The molecule has 1 fully saturated rings. The van der Waals surface area contributed by atoms with E-state index in [2.05, 4.69) is 27.1 Å². The SMILES string of the molecule is C=CC(=O)N1CC[C@H](Nc2nnc(-c3ccc(C(F)(F)F)cn3)c3ccccc23)C1.Cl. The quantitative estimate of drug-likeness (QED) is 0.600. The Balaban J connectivity index is 0.00000272. The van der Waals surface area contributed by atoms with Gasteiger partial charge >= 0.3 is 6.18 Å². The fourth-order valence-corrected chi connectivity index (χ4v) is 3.50. The van der Waals surface area contributed by atoms with E-state index < -0.39 is 11.7 Å². The summed E-state index contributed by atoms with van der Waals surface area (Å²) in [4.78, 5) is 17.4. The number of halogens is 4. The van der Waals surface area contributed by atoms with Gasteiger partial charge in [-0.15, -0.1) is 22.6 Å². The Hall–Kier alpha value is -3.20. The lowest BCUT2D eigenvalue weighted by atomic mass is 10.1. The number of carbonyl (C=O) groups is 1. The highest BCUT2D eigenvalue weighted by Gasteiger charge is 2.31. The van der Waals surface area contributed by atoms with E-state index in [9.17, 15) is 18.0 Å². The van der Waals surface area contributed by atoms with E-state index in [0.29, 0.717) is 30.3 Å². The zero-order chi connectivity index (χ0) is 21.3. The molecule has 1 aliphatic rings. The van der Waals surface area contributed by atoms with Crippen LogP contribution in [-0.2, 0) is 11.0 Å². The van der Waals surface area contributed by atoms with E-state index in [1.54, 1.807) is 4.90 Å². The number of pyridine rings is 1. The van der Waals surface area contributed by atoms with Crippen LogP contribution in [0.4, 0.5) is 19.0 Å². The van der Waals surface area contributed by atoms with E-state index in [1.807, 2.05) is 24.3 Å². The molecule has 1 amide bonds. The number of nitrogens with zero attached hydrogens (tertiary/aromatic N) is 4. The lowest BCUT2D eigenvalue weighted by Crippen LogP contribution is -2.30. The van der Waals surface area contributed by atoms with Crippen LogP contribution < -0.4 is 5.32 Å². The molecule has 0 unspecified atom stereocenters. The molecule has 3 aromatic rings. The van der Waals surface area contributed by atoms with Crippen molar-refractivity contribution < 1.29 is 18.0 Å². The minimum absolute atomic E-state index is 0. The van der Waals surface area contributed by atoms with Crippen molar-refractivity contribution in [1.82, 2.24) is 20.1 Å². The van der Waals surface area contributed by atoms with Gasteiger partial charge in [-0.25, -0.2) is 0 Å². The molecule has 0 saturated carbocycles. The molecule has 1 N–H and O–H groups in total. The molecule has 0 bridgehead atoms. The van der Waals surface area contributed by atoms with E-state index in [4.69, 9.17) is 0 Å². The first-order valence-electron chi connectivity index (χ1n) is 9.33. The first-order valence-corrected chi connectivity index (χ1v) is 9.33. The molecule has 3 heterocycles. The van der Waals surface area contributed by atoms with Crippen LogP contribution in [0.25, 0.3) is 22.2 Å². The van der Waals surface area contributed by atoms with Gasteiger partial charge in [0.05, 0.1) is 11.3 Å². The molecule has 1 aromatic carbocycles. The number of nitrogens with one attached hydrogen (secondary N) is 1. The third kappa shape index (κ3) is 4.61. The summed E-state index contributed by atoms with van der Waals surface area (Å²) < 4.78 is 38.4. The first-order chi connectivity index (χ1) is 14.4. The standard InChI is InChI=1S/C21H18F3N5O.ClH/c1-2-18(30)29-10-9-14(12-29)26-20-16-6-4-3-5-15(16)19(27-28-20)17-8-7-13(11-25-17)21(22,23)24;/h2-8,11,14H,1,9-10,12H2,(H,26,28);1H/t14-;/m0./s1. The molecule has 10 heteroatoms. The normalized spacial score (nSPS) is 16.1. The average Bonchev–Trinajstić information content (AvgIpc) is 3.21. The van der Waals surface area contributed by atoms with Gasteiger partial charge in [0.15, 0.2) is 5.82 Å². The van der Waals surface area contributed by atoms with Gasteiger partial charge in [0.1, 0.15) is 5.69 Å². The summed E-state index contributed by atoms with van der Waals surface area (Å²) in [6.45, 7) is 4.67. The first kappa shape index (κ1) is 22.5. The second-order valence-electron chi connectivity index (χ2n) is 6.99. The van der Waals surface area contributed by atoms with Crippen molar-refractivity contribution in [3.05, 3.63) is 60.8 Å². The fourth-order valence-electron chi connectivity index (χ4n) is 3.50. The topological polar surface area (TPSA) is 71.0 Å². The molecule has 1 aliphatic heterocycles. The van der Waals surface area contributed by atoms with E-state index in [0.717, 1.165) is 29.5 Å². The van der Waals surface area contributed by atoms with Crippen molar-refractivity contribution in [1.29, 1.82) is 0 Å². The number of aromatic nitrogens is 3. The lowest BCUT2D eigenvalue weighted by Gasteiger charge is -2.17. The van der Waals surface area contributed by atoms with Crippen LogP contribution in [-0.4, -0.2) is 45.1 Å². The predicted octanol–water partition coefficient (Wildman–Crippen LogP) is 4.33. The third-order valence-corrected chi connectivity index (χ3v) is 5.04. The molecule has 0 spiro atoms. The molecule has 0 radical (unpaired) electrons. The van der Waals surface area contributed by atoms with Crippen LogP contribution >= 0.6 is 12.4 Å². The molecular formula is C21H19ClF3N5O. The van der Waals surface area contributed by atoms with Gasteiger partial charge < -0.3 is 10.2 Å². The van der Waals surface area contributed by atoms with Gasteiger partial charge in [-0.1, -0.05) is 30.8 Å². The predicted molar refractivity (Wildman–Crippen MR) is 114 cm³/mol. The molecule has 31 heavy (non-hydrogen) atoms. The number of hydrogen-bond donors (Lipinski definition) is 1. The van der Waals surface area contributed by atoms with Crippen LogP contribution in [0.2, 0.25) is 0 Å². The monoisotopic (exact) mass is 449 g/mol. The summed E-state index contributed by atoms with van der Waals surface area (Å²) in [5, 5.41) is 13.3. The number of rotatable bonds is 4. The smallest absolute Gasteiger partial charge is 0.363 e. The molecule has 162 valence electrons. The number of alkyl halides is 3. The average molecular weight is 450 g/mol. The van der Waals surface area contributed by atoms with E-state index >= 15 is 0 Å². The highest BCUT2D eigenvalue weighted by atomic mass is 35.5. The molecular weight excluding hydrogens is 431 g/mol. The van der Waals surface area contributed by atoms with Gasteiger partial charge in [0.25, 0.3) is 0 Å². The third-order valence-electron chi connectivity index (χ3n) is 5.04. The number of amides is 1. The summed E-state index contributed by atoms with van der Waals surface area (Å²) in [6, 6.07) is 9.65. The Morgan fingerprint density at radius 1 is 1.16 bits per heavy atom. The fraction of sp³-hybridized carbons (Fsp3) is 0.238. The zero-order valence-electron chi connectivity index (χ0n) is 16.3. The Morgan fingerprint density at radius 2 is 1.90 bits per heavy atom. The Morgan fingerprint density at radius 3 is 2.55 bits per heavy atom. The van der Waals surface area contributed by atoms with Gasteiger partial charge in [-0.2, -0.15) is 13.2 Å². The zero-order valence-corrected chi connectivity index (χ0v) is 17.1. The molecule has 2 aromatic heterocycles. The van der Waals surface area contributed by atoms with Gasteiger partial charge in [-0.05, 0) is 24.6 Å². The van der Waals surface area contributed by atoms with Crippen molar-refractivity contribution in [3.63, 3.8) is 0 Å². The van der Waals surface area contributed by atoms with Gasteiger partial charge in [0.2, 0.25) is 5.91 Å². The van der Waals surface area contributed by atoms with Crippen LogP contribution in [0.15, 0.2) is 55.3 Å². The summed E-state index contributed by atoms with van der Waals surface area (Å²) >= 11 is 0. The number of benzene rings is 1. The second-order valence-corrected chi connectivity index (χ2v) is 6.99. The van der Waals surface area contributed by atoms with Crippen LogP contribution in [0, 0.1) is 0 Å². The summed E-state index contributed by atoms with van der Waals surface area (Å²) in [7, 11) is 0. The number of hydrogen-bond acceptors (Lipinski definition) is 5. The number of anilines is 1.